The van der Waals surface area contributed by atoms with Gasteiger partial charge in [0.05, 0.1) is 0 Å². The molecule has 0 bridgehead atoms. The Morgan fingerprint density at radius 2 is 1.91 bits per heavy atom. The molecule has 1 aromatic carbocycles. The lowest BCUT2D eigenvalue weighted by atomic mass is 10.3. The van der Waals surface area contributed by atoms with Crippen molar-refractivity contribution in [2.75, 3.05) is 10.6 Å². The first-order valence-electron chi connectivity index (χ1n) is 7.20. The Bertz CT molecular complexity index is 775. The van der Waals surface area contributed by atoms with Crippen molar-refractivity contribution < 1.29 is 0 Å². The number of aromatic nitrogens is 3. The van der Waals surface area contributed by atoms with E-state index >= 15 is 0 Å². The van der Waals surface area contributed by atoms with Crippen LogP contribution in [0.15, 0.2) is 59.3 Å². The molecule has 0 atom stereocenters. The molecule has 3 aromatic rings. The van der Waals surface area contributed by atoms with Crippen molar-refractivity contribution in [1.29, 1.82) is 0 Å². The third-order valence-electron chi connectivity index (χ3n) is 3.14. The minimum Gasteiger partial charge on any atom is -0.350 e. The summed E-state index contributed by atoms with van der Waals surface area (Å²) >= 11 is 3.43. The van der Waals surface area contributed by atoms with E-state index in [9.17, 15) is 0 Å². The van der Waals surface area contributed by atoms with E-state index in [1.54, 1.807) is 6.20 Å². The quantitative estimate of drug-likeness (QED) is 0.701. The molecule has 2 N–H and O–H groups in total. The highest BCUT2D eigenvalue weighted by Crippen LogP contribution is 2.19. The monoisotopic (exact) mass is 369 g/mol. The van der Waals surface area contributed by atoms with Gasteiger partial charge in [0.2, 0.25) is 5.95 Å². The number of nitrogens with one attached hydrogen (secondary N) is 2. The number of nitrogens with zero attached hydrogens (tertiary/aromatic N) is 3. The maximum absolute atomic E-state index is 4.50. The van der Waals surface area contributed by atoms with Crippen LogP contribution in [0, 0.1) is 6.92 Å². The minimum absolute atomic E-state index is 0.591. The summed E-state index contributed by atoms with van der Waals surface area (Å²) in [6.45, 7) is 2.58. The highest BCUT2D eigenvalue weighted by molar-refractivity contribution is 9.10. The van der Waals surface area contributed by atoms with E-state index in [0.717, 1.165) is 27.2 Å². The summed E-state index contributed by atoms with van der Waals surface area (Å²) in [5, 5.41) is 6.51. The lowest BCUT2D eigenvalue weighted by molar-refractivity contribution is 1.02. The number of hydrogen-bond donors (Lipinski definition) is 2. The number of halogens is 1. The highest BCUT2D eigenvalue weighted by atomic mass is 79.9. The molecule has 3 rings (SSSR count). The predicted octanol–water partition coefficient (Wildman–Crippen LogP) is 4.30. The summed E-state index contributed by atoms with van der Waals surface area (Å²) in [6.07, 6.45) is 3.58. The number of benzene rings is 1. The van der Waals surface area contributed by atoms with Crippen molar-refractivity contribution in [3.05, 3.63) is 70.6 Å². The van der Waals surface area contributed by atoms with Gasteiger partial charge in [0.15, 0.2) is 0 Å². The lowest BCUT2D eigenvalue weighted by Crippen LogP contribution is -2.06. The predicted molar refractivity (Wildman–Crippen MR) is 95.8 cm³/mol. The van der Waals surface area contributed by atoms with Gasteiger partial charge in [-0.25, -0.2) is 4.98 Å². The van der Waals surface area contributed by atoms with Gasteiger partial charge >= 0.3 is 0 Å². The average molecular weight is 370 g/mol. The van der Waals surface area contributed by atoms with Gasteiger partial charge in [0.25, 0.3) is 0 Å². The molecule has 0 fully saturated rings. The molecule has 5 nitrogen and oxygen atoms in total. The van der Waals surface area contributed by atoms with Crippen LogP contribution in [-0.4, -0.2) is 15.0 Å². The van der Waals surface area contributed by atoms with Gasteiger partial charge in [0.1, 0.15) is 5.82 Å². The number of rotatable bonds is 5. The van der Waals surface area contributed by atoms with Gasteiger partial charge in [-0.15, -0.1) is 0 Å². The maximum Gasteiger partial charge on any atom is 0.225 e. The molecule has 0 amide bonds. The summed E-state index contributed by atoms with van der Waals surface area (Å²) in [5.74, 6) is 1.35. The van der Waals surface area contributed by atoms with E-state index in [1.807, 2.05) is 55.6 Å². The first-order chi connectivity index (χ1) is 11.2. The largest absolute Gasteiger partial charge is 0.350 e. The van der Waals surface area contributed by atoms with Crippen LogP contribution >= 0.6 is 15.9 Å². The molecule has 0 radical (unpaired) electrons. The van der Waals surface area contributed by atoms with Crippen molar-refractivity contribution in [2.24, 2.45) is 0 Å². The van der Waals surface area contributed by atoms with Crippen molar-refractivity contribution in [3.63, 3.8) is 0 Å². The molecular weight excluding hydrogens is 354 g/mol. The topological polar surface area (TPSA) is 62.7 Å². The first kappa shape index (κ1) is 15.4. The number of aryl methyl sites for hydroxylation is 1. The molecule has 6 heteroatoms. The van der Waals surface area contributed by atoms with Crippen LogP contribution in [0.25, 0.3) is 0 Å². The van der Waals surface area contributed by atoms with E-state index in [-0.39, 0.29) is 0 Å². The summed E-state index contributed by atoms with van der Waals surface area (Å²) in [6, 6.07) is 13.8. The van der Waals surface area contributed by atoms with E-state index in [1.165, 1.54) is 0 Å². The summed E-state index contributed by atoms with van der Waals surface area (Å²) < 4.78 is 1.04. The fraction of sp³-hybridized carbons (Fsp3) is 0.118. The third-order valence-corrected chi connectivity index (χ3v) is 3.67. The molecule has 0 spiro atoms. The van der Waals surface area contributed by atoms with Gasteiger partial charge in [-0.2, -0.15) is 4.98 Å². The van der Waals surface area contributed by atoms with E-state index in [0.29, 0.717) is 12.5 Å². The highest BCUT2D eigenvalue weighted by Gasteiger charge is 2.03. The first-order valence-corrected chi connectivity index (χ1v) is 7.99. The van der Waals surface area contributed by atoms with Crippen LogP contribution in [0.1, 0.15) is 11.3 Å². The normalized spacial score (nSPS) is 10.3. The number of hydrogen-bond acceptors (Lipinski definition) is 5. The molecule has 23 heavy (non-hydrogen) atoms. The lowest BCUT2D eigenvalue weighted by Gasteiger charge is -2.10. The SMILES string of the molecule is Cc1cc(Nc2ccc(Br)cc2)nc(NCc2cccnc2)n1. The van der Waals surface area contributed by atoms with E-state index < -0.39 is 0 Å². The summed E-state index contributed by atoms with van der Waals surface area (Å²) in [5.41, 5.74) is 2.96. The fourth-order valence-corrected chi connectivity index (χ4v) is 2.34. The molecule has 116 valence electrons. The summed E-state index contributed by atoms with van der Waals surface area (Å²) in [7, 11) is 0. The molecule has 2 aromatic heterocycles. The fourth-order valence-electron chi connectivity index (χ4n) is 2.08. The van der Waals surface area contributed by atoms with Crippen LogP contribution in [-0.2, 0) is 6.54 Å². The zero-order valence-electron chi connectivity index (χ0n) is 12.6. The second kappa shape index (κ2) is 7.19. The minimum atomic E-state index is 0.591. The second-order valence-corrected chi connectivity index (χ2v) is 5.98. The molecule has 0 saturated carbocycles. The summed E-state index contributed by atoms with van der Waals surface area (Å²) in [4.78, 5) is 13.0. The second-order valence-electron chi connectivity index (χ2n) is 5.06. The van der Waals surface area contributed by atoms with Gasteiger partial charge in [-0.05, 0) is 42.8 Å². The van der Waals surface area contributed by atoms with E-state index in [2.05, 4.69) is 41.5 Å². The molecule has 0 aliphatic carbocycles. The molecule has 0 aliphatic heterocycles. The van der Waals surface area contributed by atoms with Crippen molar-refractivity contribution >= 4 is 33.4 Å². The van der Waals surface area contributed by atoms with Crippen LogP contribution in [0.5, 0.6) is 0 Å². The van der Waals surface area contributed by atoms with Crippen LogP contribution in [0.4, 0.5) is 17.5 Å². The zero-order chi connectivity index (χ0) is 16.1. The van der Waals surface area contributed by atoms with Crippen molar-refractivity contribution in [2.45, 2.75) is 13.5 Å². The van der Waals surface area contributed by atoms with Crippen LogP contribution < -0.4 is 10.6 Å². The van der Waals surface area contributed by atoms with Crippen molar-refractivity contribution in [1.82, 2.24) is 15.0 Å². The molecule has 2 heterocycles. The van der Waals surface area contributed by atoms with Crippen LogP contribution in [0.3, 0.4) is 0 Å². The van der Waals surface area contributed by atoms with Gasteiger partial charge < -0.3 is 10.6 Å². The Morgan fingerprint density at radius 3 is 2.65 bits per heavy atom. The molecule has 0 unspecified atom stereocenters. The Morgan fingerprint density at radius 1 is 1.09 bits per heavy atom. The number of pyridine rings is 1. The Kier molecular flexibility index (Phi) is 4.83. The molecule has 0 aliphatic rings. The zero-order valence-corrected chi connectivity index (χ0v) is 14.2. The number of anilines is 3. The Balaban J connectivity index is 1.72. The standard InChI is InChI=1S/C17H16BrN5/c1-12-9-16(22-15-6-4-14(18)5-7-15)23-17(21-12)20-11-13-3-2-8-19-10-13/h2-10H,11H2,1H3,(H2,20,21,22,23). The average Bonchev–Trinajstić information content (AvgIpc) is 2.56. The third kappa shape index (κ3) is 4.50. The maximum atomic E-state index is 4.50. The van der Waals surface area contributed by atoms with Gasteiger partial charge in [-0.1, -0.05) is 22.0 Å². The smallest absolute Gasteiger partial charge is 0.225 e. The van der Waals surface area contributed by atoms with E-state index in [4.69, 9.17) is 0 Å². The Hall–Kier alpha value is -2.47. The molecule has 0 saturated heterocycles. The molecular formula is C17H16BrN5. The van der Waals surface area contributed by atoms with Crippen molar-refractivity contribution in [3.8, 4) is 0 Å². The van der Waals surface area contributed by atoms with Gasteiger partial charge in [0, 0.05) is 40.9 Å². The van der Waals surface area contributed by atoms with Crippen LogP contribution in [0.2, 0.25) is 0 Å². The Labute approximate surface area is 143 Å². The van der Waals surface area contributed by atoms with Gasteiger partial charge in [-0.3, -0.25) is 4.98 Å².